The topological polar surface area (TPSA) is 55.4 Å². The lowest BCUT2D eigenvalue weighted by Crippen LogP contribution is -2.23. The second kappa shape index (κ2) is 5.01. The predicted octanol–water partition coefficient (Wildman–Crippen LogP) is 1.72. The Morgan fingerprint density at radius 1 is 1.21 bits per heavy atom. The average Bonchev–Trinajstić information content (AvgIpc) is 2.81. The zero-order valence-electron chi connectivity index (χ0n) is 9.77. The zero-order valence-corrected chi connectivity index (χ0v) is 10.6. The van der Waals surface area contributed by atoms with Gasteiger partial charge >= 0.3 is 5.51 Å². The van der Waals surface area contributed by atoms with Crippen LogP contribution in [0.4, 0.5) is 13.2 Å². The van der Waals surface area contributed by atoms with Crippen LogP contribution in [0.5, 0.6) is 5.75 Å². The van der Waals surface area contributed by atoms with E-state index >= 15 is 0 Å². The molecule has 4 nitrogen and oxygen atoms in total. The molecule has 0 spiro atoms. The number of hydrogen-bond acceptors (Lipinski definition) is 4. The first-order chi connectivity index (χ1) is 8.80. The van der Waals surface area contributed by atoms with Crippen LogP contribution in [0.2, 0.25) is 0 Å². The first-order valence-corrected chi connectivity index (χ1v) is 7.08. The van der Waals surface area contributed by atoms with E-state index in [-0.39, 0.29) is 6.10 Å². The highest BCUT2D eigenvalue weighted by atomic mass is 32.2. The quantitative estimate of drug-likeness (QED) is 0.922. The Bertz CT molecular complexity index is 533. The number of ether oxygens (including phenoxy) is 1. The number of rotatable bonds is 3. The minimum absolute atomic E-state index is 0.0370. The van der Waals surface area contributed by atoms with E-state index < -0.39 is 20.2 Å². The summed E-state index contributed by atoms with van der Waals surface area (Å²) in [5.41, 5.74) is -5.29. The molecule has 0 aliphatic carbocycles. The monoisotopic (exact) mass is 295 g/mol. The van der Waals surface area contributed by atoms with Crippen molar-refractivity contribution < 1.29 is 26.3 Å². The Morgan fingerprint density at radius 3 is 2.32 bits per heavy atom. The number of alkyl halides is 3. The molecule has 0 saturated carbocycles. The van der Waals surface area contributed by atoms with Gasteiger partial charge < -0.3 is 10.1 Å². The van der Waals surface area contributed by atoms with Crippen molar-refractivity contribution in [2.75, 3.05) is 13.1 Å². The second-order valence-electron chi connectivity index (χ2n) is 4.15. The van der Waals surface area contributed by atoms with Crippen LogP contribution in [-0.2, 0) is 9.84 Å². The summed E-state index contributed by atoms with van der Waals surface area (Å²) in [6.07, 6.45) is 0.771. The van der Waals surface area contributed by atoms with Gasteiger partial charge in [-0.3, -0.25) is 0 Å². The second-order valence-corrected chi connectivity index (χ2v) is 6.09. The third-order valence-electron chi connectivity index (χ3n) is 2.76. The summed E-state index contributed by atoms with van der Waals surface area (Å²) in [4.78, 5) is -0.781. The van der Waals surface area contributed by atoms with Crippen LogP contribution in [0.25, 0.3) is 0 Å². The molecule has 1 aliphatic rings. The fourth-order valence-corrected chi connectivity index (χ4v) is 2.51. The molecule has 0 unspecified atom stereocenters. The molecule has 8 heteroatoms. The Hall–Kier alpha value is -1.28. The fourth-order valence-electron chi connectivity index (χ4n) is 1.75. The van der Waals surface area contributed by atoms with Crippen LogP contribution in [0.3, 0.4) is 0 Å². The minimum Gasteiger partial charge on any atom is -0.489 e. The van der Waals surface area contributed by atoms with Gasteiger partial charge in [0.25, 0.3) is 9.84 Å². The highest BCUT2D eigenvalue weighted by Gasteiger charge is 2.46. The molecule has 1 aliphatic heterocycles. The standard InChI is InChI=1S/C11H12F3NO3S/c12-11(13,14)19(16,17)10-3-1-8(2-4-10)18-9-5-6-15-7-9/h1-4,9,15H,5-7H2/t9-/m1/s1. The van der Waals surface area contributed by atoms with E-state index in [2.05, 4.69) is 5.32 Å². The van der Waals surface area contributed by atoms with Gasteiger partial charge in [0, 0.05) is 6.54 Å². The van der Waals surface area contributed by atoms with Crippen LogP contribution < -0.4 is 10.1 Å². The lowest BCUT2D eigenvalue weighted by molar-refractivity contribution is -0.0436. The van der Waals surface area contributed by atoms with Crippen molar-refractivity contribution in [1.29, 1.82) is 0 Å². The third kappa shape index (κ3) is 3.01. The molecule has 1 saturated heterocycles. The van der Waals surface area contributed by atoms with Crippen molar-refractivity contribution in [3.05, 3.63) is 24.3 Å². The molecule has 1 heterocycles. The predicted molar refractivity (Wildman–Crippen MR) is 61.6 cm³/mol. The van der Waals surface area contributed by atoms with Gasteiger partial charge in [0.15, 0.2) is 0 Å². The Balaban J connectivity index is 2.14. The summed E-state index contributed by atoms with van der Waals surface area (Å²) >= 11 is 0. The van der Waals surface area contributed by atoms with Crippen molar-refractivity contribution >= 4 is 9.84 Å². The van der Waals surface area contributed by atoms with Crippen molar-refractivity contribution in [2.24, 2.45) is 0 Å². The summed E-state index contributed by atoms with van der Waals surface area (Å²) < 4.78 is 64.7. The van der Waals surface area contributed by atoms with Crippen LogP contribution in [0.1, 0.15) is 6.42 Å². The Kier molecular flexibility index (Phi) is 3.73. The average molecular weight is 295 g/mol. The first-order valence-electron chi connectivity index (χ1n) is 5.59. The molecule has 0 amide bonds. The molecular weight excluding hydrogens is 283 g/mol. The SMILES string of the molecule is O=S(=O)(c1ccc(O[C@@H]2CCNC2)cc1)C(F)(F)F. The van der Waals surface area contributed by atoms with E-state index in [1.54, 1.807) is 0 Å². The van der Waals surface area contributed by atoms with Gasteiger partial charge in [-0.25, -0.2) is 8.42 Å². The Morgan fingerprint density at radius 2 is 1.84 bits per heavy atom. The summed E-state index contributed by atoms with van der Waals surface area (Å²) in [5, 5.41) is 3.08. The number of nitrogens with one attached hydrogen (secondary N) is 1. The molecule has 19 heavy (non-hydrogen) atoms. The van der Waals surface area contributed by atoms with Crippen molar-refractivity contribution in [3.63, 3.8) is 0 Å². The van der Waals surface area contributed by atoms with Gasteiger partial charge in [-0.2, -0.15) is 13.2 Å². The number of sulfone groups is 1. The van der Waals surface area contributed by atoms with Crippen LogP contribution in [0.15, 0.2) is 29.2 Å². The molecule has 1 N–H and O–H groups in total. The van der Waals surface area contributed by atoms with Gasteiger partial charge in [0.1, 0.15) is 11.9 Å². The molecular formula is C11H12F3NO3S. The maximum absolute atomic E-state index is 12.3. The van der Waals surface area contributed by atoms with Gasteiger partial charge in [-0.05, 0) is 37.2 Å². The number of hydrogen-bond donors (Lipinski definition) is 1. The van der Waals surface area contributed by atoms with Gasteiger partial charge in [-0.1, -0.05) is 0 Å². The molecule has 2 rings (SSSR count). The minimum atomic E-state index is -5.29. The van der Waals surface area contributed by atoms with Gasteiger partial charge in [-0.15, -0.1) is 0 Å². The van der Waals surface area contributed by atoms with E-state index in [1.165, 1.54) is 12.1 Å². The summed E-state index contributed by atoms with van der Waals surface area (Å²) in [7, 11) is -5.29. The molecule has 1 atom stereocenters. The summed E-state index contributed by atoms with van der Waals surface area (Å²) in [6, 6.07) is 4.27. The highest BCUT2D eigenvalue weighted by molar-refractivity contribution is 7.92. The van der Waals surface area contributed by atoms with E-state index in [0.717, 1.165) is 25.1 Å². The molecule has 0 aromatic heterocycles. The zero-order chi connectivity index (χ0) is 14.1. The molecule has 1 aromatic rings. The number of benzene rings is 1. The molecule has 0 radical (unpaired) electrons. The van der Waals surface area contributed by atoms with E-state index in [4.69, 9.17) is 4.74 Å². The van der Waals surface area contributed by atoms with E-state index in [1.807, 2.05) is 0 Å². The molecule has 1 aromatic carbocycles. The van der Waals surface area contributed by atoms with Crippen LogP contribution in [-0.4, -0.2) is 33.1 Å². The van der Waals surface area contributed by atoms with Crippen molar-refractivity contribution in [2.45, 2.75) is 22.9 Å². The number of halogens is 3. The van der Waals surface area contributed by atoms with Crippen molar-refractivity contribution in [3.8, 4) is 5.75 Å². The van der Waals surface area contributed by atoms with Gasteiger partial charge in [0.2, 0.25) is 0 Å². The first kappa shape index (κ1) is 14.1. The Labute approximate surface area is 108 Å². The normalized spacial score (nSPS) is 20.5. The largest absolute Gasteiger partial charge is 0.501 e. The van der Waals surface area contributed by atoms with Crippen LogP contribution in [0, 0.1) is 0 Å². The van der Waals surface area contributed by atoms with E-state index in [9.17, 15) is 21.6 Å². The molecule has 1 fully saturated rings. The third-order valence-corrected chi connectivity index (χ3v) is 4.26. The van der Waals surface area contributed by atoms with Crippen molar-refractivity contribution in [1.82, 2.24) is 5.32 Å². The molecule has 106 valence electrons. The summed E-state index contributed by atoms with van der Waals surface area (Å²) in [5.74, 6) is 0.356. The fraction of sp³-hybridized carbons (Fsp3) is 0.455. The maximum atomic E-state index is 12.3. The highest BCUT2D eigenvalue weighted by Crippen LogP contribution is 2.31. The smallest absolute Gasteiger partial charge is 0.489 e. The molecule has 0 bridgehead atoms. The van der Waals surface area contributed by atoms with Gasteiger partial charge in [0.05, 0.1) is 4.90 Å². The summed E-state index contributed by atoms with van der Waals surface area (Å²) in [6.45, 7) is 1.49. The maximum Gasteiger partial charge on any atom is 0.501 e. The van der Waals surface area contributed by atoms with Crippen LogP contribution >= 0.6 is 0 Å². The van der Waals surface area contributed by atoms with E-state index in [0.29, 0.717) is 12.3 Å². The lowest BCUT2D eigenvalue weighted by atomic mass is 10.3. The lowest BCUT2D eigenvalue weighted by Gasteiger charge is -2.13.